The summed E-state index contributed by atoms with van der Waals surface area (Å²) < 4.78 is 0. The van der Waals surface area contributed by atoms with Gasteiger partial charge in [-0.05, 0) is 32.7 Å². The van der Waals surface area contributed by atoms with Gasteiger partial charge in [0, 0.05) is 11.8 Å². The number of aliphatic hydroxyl groups excluding tert-OH is 2. The van der Waals surface area contributed by atoms with Gasteiger partial charge in [-0.3, -0.25) is 0 Å². The lowest BCUT2D eigenvalue weighted by molar-refractivity contribution is 0.197. The lowest BCUT2D eigenvalue weighted by Gasteiger charge is -2.35. The molecule has 0 aliphatic heterocycles. The second kappa shape index (κ2) is 4.30. The summed E-state index contributed by atoms with van der Waals surface area (Å²) >= 11 is 0. The van der Waals surface area contributed by atoms with Crippen LogP contribution < -0.4 is 0 Å². The molecule has 2 heteroatoms. The quantitative estimate of drug-likeness (QED) is 0.698. The molecule has 0 spiro atoms. The van der Waals surface area contributed by atoms with Crippen molar-refractivity contribution in [2.24, 2.45) is 0 Å². The van der Waals surface area contributed by atoms with Crippen molar-refractivity contribution in [1.29, 1.82) is 0 Å². The van der Waals surface area contributed by atoms with Gasteiger partial charge in [0.15, 0.2) is 0 Å². The maximum atomic E-state index is 9.82. The van der Waals surface area contributed by atoms with Crippen LogP contribution in [0.15, 0.2) is 48.5 Å². The molecule has 5 rings (SSSR count). The average Bonchev–Trinajstić information content (AvgIpc) is 2.53. The third-order valence-electron chi connectivity index (χ3n) is 4.64. The number of benzene rings is 3. The van der Waals surface area contributed by atoms with E-state index in [1.165, 1.54) is 32.7 Å². The molecule has 20 heavy (non-hydrogen) atoms. The molecule has 2 aliphatic carbocycles. The fourth-order valence-electron chi connectivity index (χ4n) is 3.83. The van der Waals surface area contributed by atoms with Crippen LogP contribution >= 0.6 is 0 Å². The molecule has 2 nitrogen and oxygen atoms in total. The van der Waals surface area contributed by atoms with Gasteiger partial charge in [0.1, 0.15) is 0 Å². The van der Waals surface area contributed by atoms with Crippen molar-refractivity contribution in [2.45, 2.75) is 11.8 Å². The Morgan fingerprint density at radius 2 is 0.900 bits per heavy atom. The van der Waals surface area contributed by atoms with Gasteiger partial charge in [0.05, 0.1) is 13.2 Å². The fourth-order valence-corrected chi connectivity index (χ4v) is 3.83. The van der Waals surface area contributed by atoms with E-state index in [1.54, 1.807) is 0 Å². The third-order valence-corrected chi connectivity index (χ3v) is 4.64. The zero-order chi connectivity index (χ0) is 13.7. The second-order valence-electron chi connectivity index (χ2n) is 5.50. The topological polar surface area (TPSA) is 40.5 Å². The Morgan fingerprint density at radius 3 is 1.15 bits per heavy atom. The van der Waals surface area contributed by atoms with Crippen molar-refractivity contribution in [3.05, 3.63) is 59.7 Å². The van der Waals surface area contributed by atoms with E-state index < -0.39 is 0 Å². The molecule has 0 saturated carbocycles. The molecule has 2 atom stereocenters. The average molecular weight is 264 g/mol. The minimum absolute atomic E-state index is 0.000185. The standard InChI is InChI=1S/C18H16O2/c19-9-15-16(10-20)18-12-6-2-1-5-11(12)17(15)13-7-3-4-8-14(13)18/h1-8,15-16,19-20H,9-10H2. The van der Waals surface area contributed by atoms with Gasteiger partial charge in [-0.2, -0.15) is 0 Å². The van der Waals surface area contributed by atoms with Crippen LogP contribution in [0.2, 0.25) is 0 Å². The normalized spacial score (nSPS) is 20.9. The van der Waals surface area contributed by atoms with E-state index in [-0.39, 0.29) is 25.0 Å². The Hall–Kier alpha value is -1.90. The molecule has 2 bridgehead atoms. The zero-order valence-electron chi connectivity index (χ0n) is 11.1. The summed E-state index contributed by atoms with van der Waals surface area (Å²) in [5.74, 6) is -0.000370. The van der Waals surface area contributed by atoms with Gasteiger partial charge in [0.25, 0.3) is 0 Å². The highest BCUT2D eigenvalue weighted by atomic mass is 16.3. The van der Waals surface area contributed by atoms with E-state index in [2.05, 4.69) is 24.3 Å². The van der Waals surface area contributed by atoms with Crippen molar-refractivity contribution >= 4 is 21.5 Å². The lowest BCUT2D eigenvalue weighted by Crippen LogP contribution is -2.24. The third kappa shape index (κ3) is 1.35. The molecule has 0 fully saturated rings. The summed E-state index contributed by atoms with van der Waals surface area (Å²) in [7, 11) is 0. The maximum absolute atomic E-state index is 9.82. The van der Waals surface area contributed by atoms with Gasteiger partial charge in [0.2, 0.25) is 0 Å². The van der Waals surface area contributed by atoms with Gasteiger partial charge < -0.3 is 10.2 Å². The van der Waals surface area contributed by atoms with Gasteiger partial charge in [-0.15, -0.1) is 0 Å². The molecule has 0 saturated heterocycles. The van der Waals surface area contributed by atoms with Crippen molar-refractivity contribution in [1.82, 2.24) is 0 Å². The van der Waals surface area contributed by atoms with Crippen molar-refractivity contribution < 1.29 is 10.2 Å². The van der Waals surface area contributed by atoms with E-state index in [0.717, 1.165) is 0 Å². The van der Waals surface area contributed by atoms with Crippen LogP contribution in [0, 0.1) is 0 Å². The SMILES string of the molecule is OCC1c2c3ccccc3c(c3ccccc23)C1CO. The predicted octanol–water partition coefficient (Wildman–Crippen LogP) is 3.16. The van der Waals surface area contributed by atoms with Crippen molar-refractivity contribution in [3.8, 4) is 0 Å². The zero-order valence-corrected chi connectivity index (χ0v) is 11.1. The minimum Gasteiger partial charge on any atom is -0.396 e. The van der Waals surface area contributed by atoms with E-state index in [4.69, 9.17) is 0 Å². The van der Waals surface area contributed by atoms with Crippen molar-refractivity contribution in [2.75, 3.05) is 13.2 Å². The van der Waals surface area contributed by atoms with Crippen molar-refractivity contribution in [3.63, 3.8) is 0 Å². The van der Waals surface area contributed by atoms with Crippen LogP contribution in [-0.4, -0.2) is 23.4 Å². The Balaban J connectivity index is 2.27. The molecule has 0 heterocycles. The molecular weight excluding hydrogens is 248 g/mol. The van der Waals surface area contributed by atoms with Gasteiger partial charge >= 0.3 is 0 Å². The Kier molecular flexibility index (Phi) is 2.56. The van der Waals surface area contributed by atoms with E-state index in [0.29, 0.717) is 0 Å². The smallest absolute Gasteiger partial charge is 0.0506 e. The molecule has 3 aromatic rings. The number of hydrogen-bond donors (Lipinski definition) is 2. The van der Waals surface area contributed by atoms with E-state index in [1.807, 2.05) is 24.3 Å². The molecule has 2 aliphatic rings. The molecule has 100 valence electrons. The second-order valence-corrected chi connectivity index (χ2v) is 5.50. The first-order valence-electron chi connectivity index (χ1n) is 7.01. The lowest BCUT2D eigenvalue weighted by atomic mass is 9.69. The first-order valence-corrected chi connectivity index (χ1v) is 7.01. The van der Waals surface area contributed by atoms with E-state index >= 15 is 0 Å². The monoisotopic (exact) mass is 264 g/mol. The fraction of sp³-hybridized carbons (Fsp3) is 0.222. The first kappa shape index (κ1) is 11.9. The molecule has 2 N–H and O–H groups in total. The molecule has 3 aromatic carbocycles. The van der Waals surface area contributed by atoms with Crippen LogP contribution in [0.3, 0.4) is 0 Å². The van der Waals surface area contributed by atoms with Crippen LogP contribution in [0.4, 0.5) is 0 Å². The summed E-state index contributed by atoms with van der Waals surface area (Å²) in [5.41, 5.74) is 2.38. The summed E-state index contributed by atoms with van der Waals surface area (Å²) in [6.07, 6.45) is 0. The number of fused-ring (bicyclic) bond motifs is 1. The minimum atomic E-state index is -0.000185. The van der Waals surface area contributed by atoms with Crippen LogP contribution in [0.25, 0.3) is 21.5 Å². The number of rotatable bonds is 2. The summed E-state index contributed by atoms with van der Waals surface area (Å²) in [6, 6.07) is 16.6. The summed E-state index contributed by atoms with van der Waals surface area (Å²) in [4.78, 5) is 0. The highest BCUT2D eigenvalue weighted by Crippen LogP contribution is 2.50. The summed E-state index contributed by atoms with van der Waals surface area (Å²) in [5, 5.41) is 24.5. The highest BCUT2D eigenvalue weighted by molar-refractivity contribution is 6.08. The maximum Gasteiger partial charge on any atom is 0.0506 e. The summed E-state index contributed by atoms with van der Waals surface area (Å²) in [6.45, 7) is 0.152. The number of hydrogen-bond acceptors (Lipinski definition) is 2. The predicted molar refractivity (Wildman–Crippen MR) is 81.1 cm³/mol. The number of aliphatic hydroxyl groups is 2. The largest absolute Gasteiger partial charge is 0.396 e. The first-order chi connectivity index (χ1) is 9.86. The van der Waals surface area contributed by atoms with Crippen LogP contribution in [0.5, 0.6) is 0 Å². The van der Waals surface area contributed by atoms with E-state index in [9.17, 15) is 10.2 Å². The molecule has 2 unspecified atom stereocenters. The Labute approximate surface area is 117 Å². The van der Waals surface area contributed by atoms with Crippen LogP contribution in [0.1, 0.15) is 23.0 Å². The Bertz CT molecular complexity index is 682. The highest BCUT2D eigenvalue weighted by Gasteiger charge is 2.35. The molecule has 0 radical (unpaired) electrons. The van der Waals surface area contributed by atoms with Gasteiger partial charge in [-0.25, -0.2) is 0 Å². The molecule has 0 amide bonds. The van der Waals surface area contributed by atoms with Gasteiger partial charge in [-0.1, -0.05) is 48.5 Å². The van der Waals surface area contributed by atoms with Crippen LogP contribution in [-0.2, 0) is 0 Å². The molecular formula is C18H16O2. The molecule has 0 aromatic heterocycles. The Morgan fingerprint density at radius 1 is 0.600 bits per heavy atom.